The lowest BCUT2D eigenvalue weighted by atomic mass is 10.1. The van der Waals surface area contributed by atoms with E-state index in [1.54, 1.807) is 43.7 Å². The van der Waals surface area contributed by atoms with E-state index in [2.05, 4.69) is 4.98 Å². The van der Waals surface area contributed by atoms with Crippen LogP contribution in [0.2, 0.25) is 0 Å². The molecule has 3 aromatic rings. The van der Waals surface area contributed by atoms with Gasteiger partial charge in [-0.3, -0.25) is 24.0 Å². The maximum absolute atomic E-state index is 12.7. The fourth-order valence-electron chi connectivity index (χ4n) is 3.29. The highest BCUT2D eigenvalue weighted by molar-refractivity contribution is 5.79. The predicted molar refractivity (Wildman–Crippen MR) is 109 cm³/mol. The van der Waals surface area contributed by atoms with Crippen LogP contribution in [0.1, 0.15) is 25.2 Å². The average molecular weight is 399 g/mol. The number of benzene rings is 1. The van der Waals surface area contributed by atoms with E-state index in [0.29, 0.717) is 23.4 Å². The molecule has 1 aromatic carbocycles. The molecule has 0 spiro atoms. The molecule has 0 aliphatic heterocycles. The summed E-state index contributed by atoms with van der Waals surface area (Å²) in [4.78, 5) is 40.6. The largest absolute Gasteiger partial charge is 0.490 e. The monoisotopic (exact) mass is 399 g/mol. The summed E-state index contributed by atoms with van der Waals surface area (Å²) in [7, 11) is 3.03. The Morgan fingerprint density at radius 2 is 1.86 bits per heavy atom. The molecule has 0 aliphatic rings. The van der Waals surface area contributed by atoms with Crippen molar-refractivity contribution in [2.24, 2.45) is 7.05 Å². The Morgan fingerprint density at radius 1 is 1.17 bits per heavy atom. The van der Waals surface area contributed by atoms with Gasteiger partial charge >= 0.3 is 11.4 Å². The number of hydrogen-bond donors (Lipinski definition) is 0. The Morgan fingerprint density at radius 3 is 2.45 bits per heavy atom. The fourth-order valence-corrected chi connectivity index (χ4v) is 3.29. The smallest absolute Gasteiger partial charge is 0.332 e. The Kier molecular flexibility index (Phi) is 5.35. The summed E-state index contributed by atoms with van der Waals surface area (Å²) in [6, 6.07) is 4.75. The van der Waals surface area contributed by atoms with Gasteiger partial charge in [0.2, 0.25) is 0 Å². The second kappa shape index (κ2) is 7.74. The van der Waals surface area contributed by atoms with Crippen LogP contribution in [0.4, 0.5) is 5.69 Å². The molecule has 0 unspecified atom stereocenters. The molecular weight excluding hydrogens is 378 g/mol. The van der Waals surface area contributed by atoms with Gasteiger partial charge in [0.05, 0.1) is 17.6 Å². The molecule has 0 N–H and O–H groups in total. The van der Waals surface area contributed by atoms with E-state index in [9.17, 15) is 19.7 Å². The van der Waals surface area contributed by atoms with Gasteiger partial charge in [0, 0.05) is 20.1 Å². The second-order valence-electron chi connectivity index (χ2n) is 6.27. The van der Waals surface area contributed by atoms with E-state index in [-0.39, 0.29) is 23.6 Å². The highest BCUT2D eigenvalue weighted by Crippen LogP contribution is 2.31. The molecule has 0 radical (unpaired) electrons. The average Bonchev–Trinajstić information content (AvgIpc) is 3.02. The molecule has 0 saturated heterocycles. The molecule has 2 heterocycles. The molecule has 152 valence electrons. The number of imidazole rings is 1. The topological polar surface area (TPSA) is 114 Å². The lowest BCUT2D eigenvalue weighted by Gasteiger charge is -2.08. The minimum Gasteiger partial charge on any atom is -0.490 e. The maximum atomic E-state index is 12.7. The number of nitro benzene ring substituents is 1. The lowest BCUT2D eigenvalue weighted by Crippen LogP contribution is -2.39. The number of nitro groups is 1. The van der Waals surface area contributed by atoms with Gasteiger partial charge < -0.3 is 9.30 Å². The SMILES string of the molecule is CCn1c(=O)c2c(nc(C=Cc3cccc(OC)c3[N+](=O)[O-])n2C)n(CC)c1=O. The normalized spacial score (nSPS) is 11.4. The number of nitrogens with zero attached hydrogens (tertiary/aromatic N) is 5. The van der Waals surface area contributed by atoms with Crippen molar-refractivity contribution in [3.8, 4) is 5.75 Å². The van der Waals surface area contributed by atoms with E-state index in [0.717, 1.165) is 4.57 Å². The second-order valence-corrected chi connectivity index (χ2v) is 6.27. The third kappa shape index (κ3) is 3.22. The van der Waals surface area contributed by atoms with Crippen LogP contribution in [0, 0.1) is 10.1 Å². The molecule has 0 saturated carbocycles. The summed E-state index contributed by atoms with van der Waals surface area (Å²) < 4.78 is 9.26. The number of ether oxygens (including phenoxy) is 1. The summed E-state index contributed by atoms with van der Waals surface area (Å²) in [5.41, 5.74) is -0.0737. The highest BCUT2D eigenvalue weighted by atomic mass is 16.6. The van der Waals surface area contributed by atoms with Gasteiger partial charge in [0.15, 0.2) is 16.9 Å². The summed E-state index contributed by atoms with van der Waals surface area (Å²) in [5.74, 6) is 0.539. The number of hydrogen-bond acceptors (Lipinski definition) is 6. The lowest BCUT2D eigenvalue weighted by molar-refractivity contribution is -0.386. The first kappa shape index (κ1) is 20.1. The number of fused-ring (bicyclic) bond motifs is 1. The van der Waals surface area contributed by atoms with Crippen molar-refractivity contribution in [2.75, 3.05) is 7.11 Å². The van der Waals surface area contributed by atoms with Crippen LogP contribution in [0.5, 0.6) is 5.75 Å². The van der Waals surface area contributed by atoms with Crippen molar-refractivity contribution in [2.45, 2.75) is 26.9 Å². The van der Waals surface area contributed by atoms with Crippen molar-refractivity contribution < 1.29 is 9.66 Å². The number of methoxy groups -OCH3 is 1. The minimum absolute atomic E-state index is 0.146. The van der Waals surface area contributed by atoms with Crippen molar-refractivity contribution in [3.05, 3.63) is 60.5 Å². The summed E-state index contributed by atoms with van der Waals surface area (Å²) in [6.07, 6.45) is 3.11. The van der Waals surface area contributed by atoms with E-state index >= 15 is 0 Å². The van der Waals surface area contributed by atoms with Crippen molar-refractivity contribution in [3.63, 3.8) is 0 Å². The van der Waals surface area contributed by atoms with Crippen LogP contribution >= 0.6 is 0 Å². The molecule has 0 amide bonds. The van der Waals surface area contributed by atoms with Crippen LogP contribution < -0.4 is 16.0 Å². The molecule has 3 rings (SSSR count). The third-order valence-corrected chi connectivity index (χ3v) is 4.75. The van der Waals surface area contributed by atoms with Gasteiger partial charge in [-0.15, -0.1) is 0 Å². The Labute approximate surface area is 165 Å². The van der Waals surface area contributed by atoms with Gasteiger partial charge in [-0.2, -0.15) is 0 Å². The summed E-state index contributed by atoms with van der Waals surface area (Å²) in [5, 5.41) is 11.4. The van der Waals surface area contributed by atoms with Gasteiger partial charge in [-0.25, -0.2) is 9.78 Å². The van der Waals surface area contributed by atoms with Gasteiger partial charge in [-0.05, 0) is 38.1 Å². The first-order valence-corrected chi connectivity index (χ1v) is 9.05. The first-order valence-electron chi connectivity index (χ1n) is 9.05. The van der Waals surface area contributed by atoms with Crippen molar-refractivity contribution in [1.82, 2.24) is 18.7 Å². The van der Waals surface area contributed by atoms with E-state index in [1.807, 2.05) is 0 Å². The highest BCUT2D eigenvalue weighted by Gasteiger charge is 2.20. The summed E-state index contributed by atoms with van der Waals surface area (Å²) >= 11 is 0. The van der Waals surface area contributed by atoms with Crippen molar-refractivity contribution in [1.29, 1.82) is 0 Å². The van der Waals surface area contributed by atoms with Crippen molar-refractivity contribution >= 4 is 29.0 Å². The van der Waals surface area contributed by atoms with Crippen LogP contribution in [0.3, 0.4) is 0 Å². The Bertz CT molecular complexity index is 1250. The molecule has 0 fully saturated rings. The number of aromatic nitrogens is 4. The number of rotatable bonds is 6. The Balaban J connectivity index is 2.22. The molecule has 0 bridgehead atoms. The van der Waals surface area contributed by atoms with Crippen LogP contribution in [-0.2, 0) is 20.1 Å². The van der Waals surface area contributed by atoms with Crippen LogP contribution in [-0.4, -0.2) is 30.7 Å². The maximum Gasteiger partial charge on any atom is 0.332 e. The number of para-hydroxylation sites is 1. The van der Waals surface area contributed by atoms with E-state index < -0.39 is 16.2 Å². The zero-order valence-electron chi connectivity index (χ0n) is 16.6. The molecular formula is C19H21N5O5. The van der Waals surface area contributed by atoms with Gasteiger partial charge in [-0.1, -0.05) is 6.07 Å². The molecule has 29 heavy (non-hydrogen) atoms. The predicted octanol–water partition coefficient (Wildman–Crippen LogP) is 2.02. The first-order chi connectivity index (χ1) is 13.8. The van der Waals surface area contributed by atoms with E-state index in [1.165, 1.54) is 23.8 Å². The fraction of sp³-hybridized carbons (Fsp3) is 0.316. The molecule has 10 heteroatoms. The van der Waals surface area contributed by atoms with E-state index in [4.69, 9.17) is 4.74 Å². The number of aryl methyl sites for hydroxylation is 2. The van der Waals surface area contributed by atoms with Crippen LogP contribution in [0.25, 0.3) is 23.3 Å². The van der Waals surface area contributed by atoms with Gasteiger partial charge in [0.1, 0.15) is 5.82 Å². The molecule has 0 atom stereocenters. The molecule has 10 nitrogen and oxygen atoms in total. The summed E-state index contributed by atoms with van der Waals surface area (Å²) in [6.45, 7) is 4.14. The standard InChI is InChI=1S/C19H21N5O5/c1-5-22-17-16(18(25)23(6-2)19(22)26)21(3)14(20-17)11-10-12-8-7-9-13(29-4)15(12)24(27)28/h7-11H,5-6H2,1-4H3. The molecule has 0 aliphatic carbocycles. The van der Waals surface area contributed by atoms with Crippen LogP contribution in [0.15, 0.2) is 27.8 Å². The minimum atomic E-state index is -0.512. The quantitative estimate of drug-likeness (QED) is 0.463. The third-order valence-electron chi connectivity index (χ3n) is 4.75. The zero-order valence-corrected chi connectivity index (χ0v) is 16.6. The van der Waals surface area contributed by atoms with Gasteiger partial charge in [0.25, 0.3) is 5.56 Å². The molecule has 2 aromatic heterocycles. The zero-order chi connectivity index (χ0) is 21.3. The Hall–Kier alpha value is -3.69.